The van der Waals surface area contributed by atoms with E-state index in [4.69, 9.17) is 4.74 Å². The summed E-state index contributed by atoms with van der Waals surface area (Å²) in [6, 6.07) is 4.39. The molecule has 0 amide bonds. The van der Waals surface area contributed by atoms with Gasteiger partial charge in [-0.3, -0.25) is 15.0 Å². The molecule has 1 aliphatic rings. The van der Waals surface area contributed by atoms with Crippen LogP contribution < -0.4 is 4.90 Å². The van der Waals surface area contributed by atoms with Crippen LogP contribution >= 0.6 is 0 Å². The van der Waals surface area contributed by atoms with Crippen molar-refractivity contribution in [2.24, 2.45) is 0 Å². The topological polar surface area (TPSA) is 93.0 Å². The van der Waals surface area contributed by atoms with Crippen molar-refractivity contribution < 1.29 is 18.1 Å². The summed E-state index contributed by atoms with van der Waals surface area (Å²) in [7, 11) is -1.94. The summed E-state index contributed by atoms with van der Waals surface area (Å²) in [5.74, 6) is 0. The van der Waals surface area contributed by atoms with Gasteiger partial charge in [0.1, 0.15) is 10.6 Å². The molecule has 2 rings (SSSR count). The molecule has 2 atom stereocenters. The maximum absolute atomic E-state index is 11.9. The van der Waals surface area contributed by atoms with E-state index in [0.717, 1.165) is 25.9 Å². The predicted molar refractivity (Wildman–Crippen MR) is 95.9 cm³/mol. The molecule has 0 bridgehead atoms. The van der Waals surface area contributed by atoms with Crippen molar-refractivity contribution in [2.75, 3.05) is 44.4 Å². The average molecular weight is 371 g/mol. The lowest BCUT2D eigenvalue weighted by atomic mass is 10.2. The number of sulfone groups is 1. The molecule has 8 nitrogen and oxygen atoms in total. The standard InChI is InChI=1S/C16H25N3O5S/c1-12-10-18(11-13(2)24-12)9-8-17(3)14-6-5-7-15(25(4,22)23)16(14)19(20)21/h5-7,12-13H,8-11H2,1-4H3/t12-,13+. The van der Waals surface area contributed by atoms with E-state index >= 15 is 0 Å². The first-order chi connectivity index (χ1) is 11.6. The number of nitro benzene ring substituents is 1. The lowest BCUT2D eigenvalue weighted by Gasteiger charge is -2.36. The highest BCUT2D eigenvalue weighted by Crippen LogP contribution is 2.34. The number of nitrogens with zero attached hydrogens (tertiary/aromatic N) is 3. The van der Waals surface area contributed by atoms with E-state index < -0.39 is 14.8 Å². The second-order valence-corrected chi connectivity index (χ2v) is 8.58. The first-order valence-electron chi connectivity index (χ1n) is 8.16. The Bertz CT molecular complexity index is 727. The summed E-state index contributed by atoms with van der Waals surface area (Å²) in [5, 5.41) is 11.5. The molecule has 0 unspecified atom stereocenters. The van der Waals surface area contributed by atoms with E-state index in [1.165, 1.54) is 12.1 Å². The van der Waals surface area contributed by atoms with Crippen LogP contribution in [0.5, 0.6) is 0 Å². The summed E-state index contributed by atoms with van der Waals surface area (Å²) in [6.07, 6.45) is 1.28. The Morgan fingerprint density at radius 1 is 1.32 bits per heavy atom. The molecule has 1 saturated heterocycles. The van der Waals surface area contributed by atoms with Crippen LogP contribution in [0.4, 0.5) is 11.4 Å². The Kier molecular flexibility index (Phi) is 6.02. The van der Waals surface area contributed by atoms with Crippen molar-refractivity contribution >= 4 is 21.2 Å². The van der Waals surface area contributed by atoms with Gasteiger partial charge in [-0.15, -0.1) is 0 Å². The van der Waals surface area contributed by atoms with E-state index in [0.29, 0.717) is 12.2 Å². The SMILES string of the molecule is C[C@@H]1CN(CCN(C)c2cccc(S(C)(=O)=O)c2[N+](=O)[O-])C[C@H](C)O1. The maximum Gasteiger partial charge on any atom is 0.311 e. The van der Waals surface area contributed by atoms with Crippen molar-refractivity contribution in [1.29, 1.82) is 0 Å². The van der Waals surface area contributed by atoms with Crippen LogP contribution in [-0.4, -0.2) is 69.9 Å². The third-order valence-electron chi connectivity index (χ3n) is 4.22. The summed E-state index contributed by atoms with van der Waals surface area (Å²) >= 11 is 0. The largest absolute Gasteiger partial charge is 0.373 e. The number of anilines is 1. The highest BCUT2D eigenvalue weighted by molar-refractivity contribution is 7.90. The van der Waals surface area contributed by atoms with E-state index in [1.54, 1.807) is 18.0 Å². The molecule has 25 heavy (non-hydrogen) atoms. The molecule has 0 aromatic heterocycles. The molecular formula is C16H25N3O5S. The molecule has 0 N–H and O–H groups in total. The van der Waals surface area contributed by atoms with Crippen LogP contribution in [0.15, 0.2) is 23.1 Å². The number of nitro groups is 1. The fourth-order valence-electron chi connectivity index (χ4n) is 3.18. The zero-order chi connectivity index (χ0) is 18.8. The second-order valence-electron chi connectivity index (χ2n) is 6.59. The number of hydrogen-bond donors (Lipinski definition) is 0. The van der Waals surface area contributed by atoms with Gasteiger partial charge < -0.3 is 9.64 Å². The fraction of sp³-hybridized carbons (Fsp3) is 0.625. The quantitative estimate of drug-likeness (QED) is 0.553. The van der Waals surface area contributed by atoms with E-state index in [1.807, 2.05) is 13.8 Å². The number of benzene rings is 1. The minimum Gasteiger partial charge on any atom is -0.373 e. The van der Waals surface area contributed by atoms with Gasteiger partial charge in [0.25, 0.3) is 0 Å². The molecule has 140 valence electrons. The van der Waals surface area contributed by atoms with Gasteiger partial charge in [-0.2, -0.15) is 0 Å². The number of para-hydroxylation sites is 1. The molecule has 1 fully saturated rings. The lowest BCUT2D eigenvalue weighted by molar-refractivity contribution is -0.387. The lowest BCUT2D eigenvalue weighted by Crippen LogP contribution is -2.47. The van der Waals surface area contributed by atoms with E-state index in [9.17, 15) is 18.5 Å². The van der Waals surface area contributed by atoms with Gasteiger partial charge in [0.2, 0.25) is 0 Å². The number of ether oxygens (including phenoxy) is 1. The highest BCUT2D eigenvalue weighted by Gasteiger charge is 2.28. The van der Waals surface area contributed by atoms with Crippen LogP contribution in [-0.2, 0) is 14.6 Å². The molecule has 0 spiro atoms. The Hall–Kier alpha value is -1.71. The Labute approximate surface area is 148 Å². The molecule has 0 radical (unpaired) electrons. The Morgan fingerprint density at radius 2 is 1.92 bits per heavy atom. The minimum absolute atomic E-state index is 0.150. The molecular weight excluding hydrogens is 346 g/mol. The van der Waals surface area contributed by atoms with Gasteiger partial charge in [-0.1, -0.05) is 6.07 Å². The molecule has 0 saturated carbocycles. The Balaban J connectivity index is 2.19. The summed E-state index contributed by atoms with van der Waals surface area (Å²) < 4.78 is 29.4. The van der Waals surface area contributed by atoms with Crippen molar-refractivity contribution in [2.45, 2.75) is 31.0 Å². The number of likely N-dealkylation sites (N-methyl/N-ethyl adjacent to an activating group) is 1. The Morgan fingerprint density at radius 3 is 2.44 bits per heavy atom. The second kappa shape index (κ2) is 7.67. The third kappa shape index (κ3) is 4.90. The summed E-state index contributed by atoms with van der Waals surface area (Å²) in [4.78, 5) is 14.6. The zero-order valence-corrected chi connectivity index (χ0v) is 15.8. The molecule has 0 aliphatic carbocycles. The van der Waals surface area contributed by atoms with Gasteiger partial charge in [0.05, 0.1) is 17.1 Å². The van der Waals surface area contributed by atoms with Crippen LogP contribution in [0, 0.1) is 10.1 Å². The van der Waals surface area contributed by atoms with Crippen molar-refractivity contribution in [3.63, 3.8) is 0 Å². The number of morpholine rings is 1. The normalized spacial score (nSPS) is 21.9. The van der Waals surface area contributed by atoms with Crippen molar-refractivity contribution in [1.82, 2.24) is 4.90 Å². The van der Waals surface area contributed by atoms with Gasteiger partial charge in [0, 0.05) is 39.5 Å². The van der Waals surface area contributed by atoms with Crippen LogP contribution in [0.25, 0.3) is 0 Å². The van der Waals surface area contributed by atoms with Crippen LogP contribution in [0.3, 0.4) is 0 Å². The molecule has 1 aromatic carbocycles. The zero-order valence-electron chi connectivity index (χ0n) is 15.0. The highest BCUT2D eigenvalue weighted by atomic mass is 32.2. The van der Waals surface area contributed by atoms with Crippen LogP contribution in [0.2, 0.25) is 0 Å². The monoisotopic (exact) mass is 371 g/mol. The van der Waals surface area contributed by atoms with Crippen molar-refractivity contribution in [3.8, 4) is 0 Å². The molecule has 1 aromatic rings. The molecule has 1 heterocycles. The smallest absolute Gasteiger partial charge is 0.311 e. The van der Waals surface area contributed by atoms with Gasteiger partial charge >= 0.3 is 5.69 Å². The van der Waals surface area contributed by atoms with Gasteiger partial charge in [0.15, 0.2) is 9.84 Å². The van der Waals surface area contributed by atoms with Gasteiger partial charge in [-0.25, -0.2) is 8.42 Å². The predicted octanol–water partition coefficient (Wildman–Crippen LogP) is 1.54. The third-order valence-corrected chi connectivity index (χ3v) is 5.35. The molecule has 1 aliphatic heterocycles. The number of rotatable bonds is 6. The first kappa shape index (κ1) is 19.6. The number of hydrogen-bond acceptors (Lipinski definition) is 7. The maximum atomic E-state index is 11.9. The average Bonchev–Trinajstić information content (AvgIpc) is 2.50. The fourth-order valence-corrected chi connectivity index (χ4v) is 4.04. The summed E-state index contributed by atoms with van der Waals surface area (Å²) in [5.41, 5.74) is -0.0569. The minimum atomic E-state index is -3.68. The van der Waals surface area contributed by atoms with Crippen molar-refractivity contribution in [3.05, 3.63) is 28.3 Å². The van der Waals surface area contributed by atoms with Crippen LogP contribution in [0.1, 0.15) is 13.8 Å². The van der Waals surface area contributed by atoms with E-state index in [2.05, 4.69) is 4.90 Å². The molecule has 9 heteroatoms. The summed E-state index contributed by atoms with van der Waals surface area (Å²) in [6.45, 7) is 6.93. The van der Waals surface area contributed by atoms with E-state index in [-0.39, 0.29) is 22.8 Å². The first-order valence-corrected chi connectivity index (χ1v) is 10.0. The van der Waals surface area contributed by atoms with Gasteiger partial charge in [-0.05, 0) is 26.0 Å².